The highest BCUT2D eigenvalue weighted by atomic mass is 79.9. The Hall–Kier alpha value is -0.910. The highest BCUT2D eigenvalue weighted by molar-refractivity contribution is 9.11. The van der Waals surface area contributed by atoms with Crippen LogP contribution in [0.1, 0.15) is 17.2 Å². The van der Waals surface area contributed by atoms with Gasteiger partial charge in [-0.3, -0.25) is 4.98 Å². The molecule has 0 saturated carbocycles. The van der Waals surface area contributed by atoms with E-state index < -0.39 is 0 Å². The van der Waals surface area contributed by atoms with Crippen molar-refractivity contribution in [3.05, 3.63) is 56.7 Å². The van der Waals surface area contributed by atoms with Gasteiger partial charge in [0.25, 0.3) is 0 Å². The molecular weight excluding hydrogens is 372 g/mol. The van der Waals surface area contributed by atoms with E-state index >= 15 is 0 Å². The fourth-order valence-electron chi connectivity index (χ4n) is 1.94. The van der Waals surface area contributed by atoms with Crippen LogP contribution in [0, 0.1) is 0 Å². The lowest BCUT2D eigenvalue weighted by Crippen LogP contribution is -2.18. The monoisotopic (exact) mass is 384 g/mol. The third-order valence-corrected chi connectivity index (χ3v) is 4.08. The van der Waals surface area contributed by atoms with Crippen molar-refractivity contribution >= 4 is 31.9 Å². The van der Waals surface area contributed by atoms with Crippen LogP contribution in [0.3, 0.4) is 0 Å². The highest BCUT2D eigenvalue weighted by Crippen LogP contribution is 2.31. The van der Waals surface area contributed by atoms with Crippen molar-refractivity contribution in [2.75, 3.05) is 14.2 Å². The number of halogens is 2. The molecule has 0 radical (unpaired) electrons. The molecule has 0 bridgehead atoms. The van der Waals surface area contributed by atoms with E-state index in [-0.39, 0.29) is 6.04 Å². The summed E-state index contributed by atoms with van der Waals surface area (Å²) in [6.07, 6.45) is 3.54. The quantitative estimate of drug-likeness (QED) is 0.865. The van der Waals surface area contributed by atoms with Gasteiger partial charge in [0.05, 0.1) is 19.3 Å². The third kappa shape index (κ3) is 3.35. The summed E-state index contributed by atoms with van der Waals surface area (Å²) in [5.41, 5.74) is 2.20. The van der Waals surface area contributed by atoms with E-state index in [1.165, 1.54) is 0 Å². The van der Waals surface area contributed by atoms with Crippen LogP contribution in [0.25, 0.3) is 0 Å². The maximum atomic E-state index is 5.23. The van der Waals surface area contributed by atoms with Gasteiger partial charge in [0.1, 0.15) is 5.75 Å². The van der Waals surface area contributed by atoms with E-state index in [0.717, 1.165) is 25.8 Å². The minimum atomic E-state index is 0.0504. The zero-order valence-corrected chi connectivity index (χ0v) is 13.8. The van der Waals surface area contributed by atoms with Gasteiger partial charge in [0.15, 0.2) is 0 Å². The number of benzene rings is 1. The van der Waals surface area contributed by atoms with Crippen LogP contribution in [0.4, 0.5) is 0 Å². The second-order valence-corrected chi connectivity index (χ2v) is 5.82. The van der Waals surface area contributed by atoms with E-state index in [4.69, 9.17) is 4.74 Å². The predicted molar refractivity (Wildman–Crippen MR) is 83.5 cm³/mol. The minimum Gasteiger partial charge on any atom is -0.495 e. The molecule has 2 aromatic rings. The Labute approximate surface area is 129 Å². The number of pyridine rings is 1. The third-order valence-electron chi connectivity index (χ3n) is 2.86. The number of hydrogen-bond acceptors (Lipinski definition) is 3. The predicted octanol–water partition coefficient (Wildman–Crippen LogP) is 3.92. The topological polar surface area (TPSA) is 34.2 Å². The molecule has 1 aromatic heterocycles. The van der Waals surface area contributed by atoms with Crippen molar-refractivity contribution in [2.24, 2.45) is 0 Å². The van der Waals surface area contributed by atoms with E-state index in [2.05, 4.69) is 48.2 Å². The molecule has 0 aliphatic heterocycles. The van der Waals surface area contributed by atoms with Crippen molar-refractivity contribution in [3.63, 3.8) is 0 Å². The Kier molecular flexibility index (Phi) is 4.96. The number of nitrogens with one attached hydrogen (secondary N) is 1. The van der Waals surface area contributed by atoms with Gasteiger partial charge in [-0.25, -0.2) is 0 Å². The first kappa shape index (κ1) is 14.5. The normalized spacial score (nSPS) is 12.2. The molecule has 1 aromatic carbocycles. The fourth-order valence-corrected chi connectivity index (χ4v) is 2.80. The Morgan fingerprint density at radius 3 is 2.68 bits per heavy atom. The molecule has 1 heterocycles. The summed E-state index contributed by atoms with van der Waals surface area (Å²) >= 11 is 7.10. The lowest BCUT2D eigenvalue weighted by Gasteiger charge is -2.19. The minimum absolute atomic E-state index is 0.0504. The number of aromatic nitrogens is 1. The number of ether oxygens (including phenoxy) is 1. The zero-order valence-electron chi connectivity index (χ0n) is 10.7. The molecule has 0 fully saturated rings. The number of nitrogens with zero attached hydrogens (tertiary/aromatic N) is 1. The van der Waals surface area contributed by atoms with Crippen LogP contribution >= 0.6 is 31.9 Å². The lowest BCUT2D eigenvalue weighted by atomic mass is 10.0. The van der Waals surface area contributed by atoms with E-state index in [0.29, 0.717) is 0 Å². The molecular formula is C14H14Br2N2O. The van der Waals surface area contributed by atoms with Crippen molar-refractivity contribution in [2.45, 2.75) is 6.04 Å². The molecule has 0 spiro atoms. The van der Waals surface area contributed by atoms with Gasteiger partial charge in [0, 0.05) is 15.1 Å². The van der Waals surface area contributed by atoms with Crippen LogP contribution in [-0.4, -0.2) is 19.1 Å². The Balaban J connectivity index is 2.46. The molecule has 100 valence electrons. The molecule has 0 saturated heterocycles. The summed E-state index contributed by atoms with van der Waals surface area (Å²) in [5.74, 6) is 0.754. The van der Waals surface area contributed by atoms with Crippen LogP contribution < -0.4 is 10.1 Å². The first-order chi connectivity index (χ1) is 9.15. The van der Waals surface area contributed by atoms with Gasteiger partial charge in [-0.05, 0) is 42.4 Å². The molecule has 0 aliphatic carbocycles. The molecule has 19 heavy (non-hydrogen) atoms. The van der Waals surface area contributed by atoms with Gasteiger partial charge in [-0.1, -0.05) is 31.9 Å². The van der Waals surface area contributed by atoms with E-state index in [1.54, 1.807) is 13.3 Å². The largest absolute Gasteiger partial charge is 0.495 e. The summed E-state index contributed by atoms with van der Waals surface area (Å²) in [5, 5.41) is 3.31. The van der Waals surface area contributed by atoms with Gasteiger partial charge in [0.2, 0.25) is 0 Å². The second kappa shape index (κ2) is 6.50. The molecule has 1 N–H and O–H groups in total. The Morgan fingerprint density at radius 2 is 2.00 bits per heavy atom. The summed E-state index contributed by atoms with van der Waals surface area (Å²) in [6.45, 7) is 0. The standard InChI is InChI=1S/C14H14Br2N2O/c1-17-14(9-5-11(19-2)8-18-7-9)12-6-10(15)3-4-13(12)16/h3-8,14,17H,1-2H3. The highest BCUT2D eigenvalue weighted by Gasteiger charge is 2.16. The molecule has 1 atom stereocenters. The maximum absolute atomic E-state index is 5.23. The van der Waals surface area contributed by atoms with Crippen molar-refractivity contribution < 1.29 is 4.74 Å². The van der Waals surface area contributed by atoms with Gasteiger partial charge in [-0.15, -0.1) is 0 Å². The van der Waals surface area contributed by atoms with Crippen LogP contribution in [0.15, 0.2) is 45.6 Å². The van der Waals surface area contributed by atoms with Gasteiger partial charge in [-0.2, -0.15) is 0 Å². The average Bonchev–Trinajstić information content (AvgIpc) is 2.44. The van der Waals surface area contributed by atoms with Crippen LogP contribution in [0.2, 0.25) is 0 Å². The Bertz CT molecular complexity index is 575. The molecule has 2 rings (SSSR count). The van der Waals surface area contributed by atoms with E-state index in [9.17, 15) is 0 Å². The van der Waals surface area contributed by atoms with E-state index in [1.807, 2.05) is 31.4 Å². The molecule has 3 nitrogen and oxygen atoms in total. The van der Waals surface area contributed by atoms with Gasteiger partial charge >= 0.3 is 0 Å². The fraction of sp³-hybridized carbons (Fsp3) is 0.214. The van der Waals surface area contributed by atoms with Crippen molar-refractivity contribution in [1.29, 1.82) is 0 Å². The molecule has 0 amide bonds. The van der Waals surface area contributed by atoms with Crippen molar-refractivity contribution in [1.82, 2.24) is 10.3 Å². The first-order valence-electron chi connectivity index (χ1n) is 5.77. The van der Waals surface area contributed by atoms with Crippen LogP contribution in [-0.2, 0) is 0 Å². The zero-order chi connectivity index (χ0) is 13.8. The smallest absolute Gasteiger partial charge is 0.137 e. The summed E-state index contributed by atoms with van der Waals surface area (Å²) in [6, 6.07) is 8.16. The number of methoxy groups -OCH3 is 1. The summed E-state index contributed by atoms with van der Waals surface area (Å²) in [4.78, 5) is 4.21. The molecule has 1 unspecified atom stereocenters. The second-order valence-electron chi connectivity index (χ2n) is 4.05. The molecule has 5 heteroatoms. The van der Waals surface area contributed by atoms with Gasteiger partial charge < -0.3 is 10.1 Å². The number of hydrogen-bond donors (Lipinski definition) is 1. The maximum Gasteiger partial charge on any atom is 0.137 e. The molecule has 0 aliphatic rings. The Morgan fingerprint density at radius 1 is 1.21 bits per heavy atom. The van der Waals surface area contributed by atoms with Crippen LogP contribution in [0.5, 0.6) is 5.75 Å². The van der Waals surface area contributed by atoms with Crippen molar-refractivity contribution in [3.8, 4) is 5.75 Å². The summed E-state index contributed by atoms with van der Waals surface area (Å²) < 4.78 is 7.33. The first-order valence-corrected chi connectivity index (χ1v) is 7.35. The lowest BCUT2D eigenvalue weighted by molar-refractivity contribution is 0.411. The number of rotatable bonds is 4. The SMILES string of the molecule is CNC(c1cncc(OC)c1)c1cc(Br)ccc1Br. The summed E-state index contributed by atoms with van der Waals surface area (Å²) in [7, 11) is 3.57. The average molecular weight is 386 g/mol.